The Kier molecular flexibility index (Phi) is 4.98. The first kappa shape index (κ1) is 18.5. The minimum absolute atomic E-state index is 0.454. The van der Waals surface area contributed by atoms with E-state index in [9.17, 15) is 0 Å². The van der Waals surface area contributed by atoms with Crippen LogP contribution in [0.3, 0.4) is 0 Å². The van der Waals surface area contributed by atoms with Crippen LogP contribution in [0.5, 0.6) is 0 Å². The maximum atomic E-state index is 5.55. The standard InChI is InChI=1S/C22H22N6O2/c1-16-2-3-19(30-16)14-24-13-18-12-21(27-8-10-29-11-9-27)22-25-20(15-28(22)26-18)17-4-6-23-7-5-17/h2-7,12,14-15H,8-11,13H2,1H3. The van der Waals surface area contributed by atoms with Gasteiger partial charge in [-0.2, -0.15) is 5.10 Å². The molecule has 8 heteroatoms. The lowest BCUT2D eigenvalue weighted by molar-refractivity contribution is 0.123. The Balaban J connectivity index is 1.51. The first-order valence-corrected chi connectivity index (χ1v) is 9.95. The van der Waals surface area contributed by atoms with E-state index < -0.39 is 0 Å². The van der Waals surface area contributed by atoms with Crippen molar-refractivity contribution in [2.45, 2.75) is 13.5 Å². The molecule has 5 heterocycles. The van der Waals surface area contributed by atoms with Gasteiger partial charge in [-0.05, 0) is 37.3 Å². The molecule has 0 radical (unpaired) electrons. The predicted molar refractivity (Wildman–Crippen MR) is 114 cm³/mol. The van der Waals surface area contributed by atoms with Gasteiger partial charge < -0.3 is 14.1 Å². The molecular formula is C22H22N6O2. The Bertz CT molecular complexity index is 1180. The van der Waals surface area contributed by atoms with Crippen LogP contribution in [-0.4, -0.2) is 52.1 Å². The normalized spacial score (nSPS) is 14.8. The average Bonchev–Trinajstić information content (AvgIpc) is 3.40. The van der Waals surface area contributed by atoms with E-state index in [2.05, 4.69) is 20.9 Å². The number of nitrogens with zero attached hydrogens (tertiary/aromatic N) is 6. The van der Waals surface area contributed by atoms with Crippen molar-refractivity contribution in [3.63, 3.8) is 0 Å². The number of morpholine rings is 1. The predicted octanol–water partition coefficient (Wildman–Crippen LogP) is 3.15. The van der Waals surface area contributed by atoms with Crippen molar-refractivity contribution in [2.75, 3.05) is 31.2 Å². The van der Waals surface area contributed by atoms with E-state index in [1.165, 1.54) is 0 Å². The van der Waals surface area contributed by atoms with Crippen LogP contribution in [0.15, 0.2) is 58.3 Å². The number of aromatic nitrogens is 4. The molecule has 0 atom stereocenters. The van der Waals surface area contributed by atoms with Gasteiger partial charge in [-0.25, -0.2) is 9.50 Å². The second kappa shape index (κ2) is 8.08. The molecule has 5 rings (SSSR count). The van der Waals surface area contributed by atoms with Crippen molar-refractivity contribution in [3.8, 4) is 11.3 Å². The van der Waals surface area contributed by atoms with Crippen molar-refractivity contribution in [2.24, 2.45) is 4.99 Å². The third-order valence-electron chi connectivity index (χ3n) is 5.02. The van der Waals surface area contributed by atoms with Crippen molar-refractivity contribution in [1.29, 1.82) is 0 Å². The van der Waals surface area contributed by atoms with Crippen LogP contribution in [0.25, 0.3) is 16.9 Å². The number of ether oxygens (including phenoxy) is 1. The van der Waals surface area contributed by atoms with Gasteiger partial charge in [-0.15, -0.1) is 0 Å². The van der Waals surface area contributed by atoms with Gasteiger partial charge in [0.2, 0.25) is 0 Å². The number of aryl methyl sites for hydroxylation is 1. The zero-order valence-corrected chi connectivity index (χ0v) is 16.7. The Morgan fingerprint density at radius 1 is 1.13 bits per heavy atom. The molecule has 0 N–H and O–H groups in total. The Morgan fingerprint density at radius 3 is 2.73 bits per heavy atom. The fourth-order valence-corrected chi connectivity index (χ4v) is 3.54. The highest BCUT2D eigenvalue weighted by Gasteiger charge is 2.18. The zero-order chi connectivity index (χ0) is 20.3. The van der Waals surface area contributed by atoms with Gasteiger partial charge in [0.05, 0.1) is 49.2 Å². The molecule has 4 aromatic rings. The van der Waals surface area contributed by atoms with E-state index in [1.54, 1.807) is 18.6 Å². The van der Waals surface area contributed by atoms with Crippen LogP contribution in [0.2, 0.25) is 0 Å². The van der Waals surface area contributed by atoms with E-state index in [1.807, 2.05) is 41.9 Å². The second-order valence-electron chi connectivity index (χ2n) is 7.17. The van der Waals surface area contributed by atoms with E-state index in [0.717, 1.165) is 52.9 Å². The molecule has 0 saturated carbocycles. The average molecular weight is 402 g/mol. The molecule has 0 amide bonds. The fraction of sp³-hybridized carbons (Fsp3) is 0.273. The van der Waals surface area contributed by atoms with Gasteiger partial charge >= 0.3 is 0 Å². The zero-order valence-electron chi connectivity index (χ0n) is 16.7. The Morgan fingerprint density at radius 2 is 1.97 bits per heavy atom. The minimum atomic E-state index is 0.454. The van der Waals surface area contributed by atoms with Crippen LogP contribution >= 0.6 is 0 Å². The highest BCUT2D eigenvalue weighted by atomic mass is 16.5. The smallest absolute Gasteiger partial charge is 0.177 e. The number of anilines is 1. The summed E-state index contributed by atoms with van der Waals surface area (Å²) in [6.45, 7) is 5.43. The molecule has 8 nitrogen and oxygen atoms in total. The quantitative estimate of drug-likeness (QED) is 0.477. The molecule has 0 unspecified atom stereocenters. The summed E-state index contributed by atoms with van der Waals surface area (Å²) in [5, 5.41) is 4.75. The van der Waals surface area contributed by atoms with E-state index in [4.69, 9.17) is 19.2 Å². The van der Waals surface area contributed by atoms with Crippen LogP contribution in [0.1, 0.15) is 17.2 Å². The SMILES string of the molecule is Cc1ccc(C=NCc2cc(N3CCOCC3)c3nc(-c4ccncc4)cn3n2)o1. The van der Waals surface area contributed by atoms with Crippen LogP contribution < -0.4 is 4.90 Å². The van der Waals surface area contributed by atoms with E-state index in [-0.39, 0.29) is 0 Å². The maximum Gasteiger partial charge on any atom is 0.177 e. The highest BCUT2D eigenvalue weighted by Crippen LogP contribution is 2.26. The number of furan rings is 1. The van der Waals surface area contributed by atoms with Crippen molar-refractivity contribution in [1.82, 2.24) is 19.6 Å². The first-order valence-electron chi connectivity index (χ1n) is 9.95. The van der Waals surface area contributed by atoms with Gasteiger partial charge in [0.1, 0.15) is 11.5 Å². The lowest BCUT2D eigenvalue weighted by Gasteiger charge is -2.29. The van der Waals surface area contributed by atoms with Crippen LogP contribution in [-0.2, 0) is 11.3 Å². The van der Waals surface area contributed by atoms with E-state index >= 15 is 0 Å². The topological polar surface area (TPSA) is 81.0 Å². The van der Waals surface area contributed by atoms with Crippen LogP contribution in [0, 0.1) is 6.92 Å². The summed E-state index contributed by atoms with van der Waals surface area (Å²) in [6, 6.07) is 9.81. The third kappa shape index (κ3) is 3.81. The maximum absolute atomic E-state index is 5.55. The summed E-state index contributed by atoms with van der Waals surface area (Å²) in [6.07, 6.45) is 7.24. The summed E-state index contributed by atoms with van der Waals surface area (Å²) in [4.78, 5) is 15.8. The summed E-state index contributed by atoms with van der Waals surface area (Å²) in [5.41, 5.74) is 4.62. The second-order valence-corrected chi connectivity index (χ2v) is 7.17. The van der Waals surface area contributed by atoms with Crippen molar-refractivity contribution in [3.05, 3.63) is 66.1 Å². The molecule has 1 aliphatic rings. The van der Waals surface area contributed by atoms with Gasteiger partial charge in [0.15, 0.2) is 5.65 Å². The number of hydrogen-bond donors (Lipinski definition) is 0. The lowest BCUT2D eigenvalue weighted by atomic mass is 10.2. The van der Waals surface area contributed by atoms with Gasteiger partial charge in [-0.3, -0.25) is 9.98 Å². The summed E-state index contributed by atoms with van der Waals surface area (Å²) in [5.74, 6) is 1.61. The molecular weight excluding hydrogens is 380 g/mol. The molecule has 0 aromatic carbocycles. The molecule has 1 fully saturated rings. The van der Waals surface area contributed by atoms with Crippen molar-refractivity contribution < 1.29 is 9.15 Å². The number of pyridine rings is 1. The monoisotopic (exact) mass is 402 g/mol. The first-order chi connectivity index (χ1) is 14.8. The minimum Gasteiger partial charge on any atom is -0.460 e. The number of rotatable bonds is 5. The number of aliphatic imine (C=N–C) groups is 1. The third-order valence-corrected chi connectivity index (χ3v) is 5.02. The van der Waals surface area contributed by atoms with Gasteiger partial charge in [0.25, 0.3) is 0 Å². The van der Waals surface area contributed by atoms with Gasteiger partial charge in [-0.1, -0.05) is 0 Å². The Hall–Kier alpha value is -3.52. The number of fused-ring (bicyclic) bond motifs is 1. The number of hydrogen-bond acceptors (Lipinski definition) is 7. The van der Waals surface area contributed by atoms with Crippen LogP contribution in [0.4, 0.5) is 5.69 Å². The molecule has 0 aliphatic carbocycles. The fourth-order valence-electron chi connectivity index (χ4n) is 3.54. The lowest BCUT2D eigenvalue weighted by Crippen LogP contribution is -2.36. The largest absolute Gasteiger partial charge is 0.460 e. The molecule has 0 bridgehead atoms. The molecule has 1 saturated heterocycles. The molecule has 1 aliphatic heterocycles. The van der Waals surface area contributed by atoms with Gasteiger partial charge in [0, 0.05) is 31.0 Å². The molecule has 30 heavy (non-hydrogen) atoms. The molecule has 0 spiro atoms. The summed E-state index contributed by atoms with van der Waals surface area (Å²) < 4.78 is 12.9. The molecule has 152 valence electrons. The summed E-state index contributed by atoms with van der Waals surface area (Å²) in [7, 11) is 0. The summed E-state index contributed by atoms with van der Waals surface area (Å²) >= 11 is 0. The number of imidazole rings is 1. The van der Waals surface area contributed by atoms with E-state index in [0.29, 0.717) is 19.8 Å². The highest BCUT2D eigenvalue weighted by molar-refractivity contribution is 5.76. The Labute approximate surface area is 173 Å². The molecule has 4 aromatic heterocycles. The van der Waals surface area contributed by atoms with Crippen molar-refractivity contribution >= 4 is 17.5 Å².